The van der Waals surface area contributed by atoms with E-state index in [0.717, 1.165) is 11.3 Å². The molecule has 0 saturated carbocycles. The first kappa shape index (κ1) is 16.8. The molecule has 5 nitrogen and oxygen atoms in total. The van der Waals surface area contributed by atoms with Crippen molar-refractivity contribution in [3.05, 3.63) is 70.8 Å². The number of benzene rings is 2. The van der Waals surface area contributed by atoms with E-state index in [2.05, 4.69) is 15.3 Å². The largest absolute Gasteiger partial charge is 0.496 e. The summed E-state index contributed by atoms with van der Waals surface area (Å²) in [7, 11) is 1.62. The van der Waals surface area contributed by atoms with Crippen LogP contribution in [0.5, 0.6) is 5.75 Å². The van der Waals surface area contributed by atoms with Gasteiger partial charge in [-0.3, -0.25) is 0 Å². The van der Waals surface area contributed by atoms with Crippen LogP contribution in [0, 0.1) is 10.6 Å². The van der Waals surface area contributed by atoms with Gasteiger partial charge in [-0.05, 0) is 42.6 Å². The van der Waals surface area contributed by atoms with E-state index in [-0.39, 0.29) is 4.77 Å². The topological polar surface area (TPSA) is 55.2 Å². The lowest BCUT2D eigenvalue weighted by molar-refractivity contribution is 0.414. The normalized spacial score (nSPS) is 11.4. The minimum atomic E-state index is -0.391. The fraction of sp³-hybridized carbons (Fsp3) is 0.0556. The monoisotopic (exact) mass is 354 g/mol. The van der Waals surface area contributed by atoms with Crippen molar-refractivity contribution >= 4 is 24.5 Å². The third-order valence-corrected chi connectivity index (χ3v) is 3.71. The van der Waals surface area contributed by atoms with Gasteiger partial charge in [0, 0.05) is 11.8 Å². The van der Waals surface area contributed by atoms with Crippen LogP contribution in [0.2, 0.25) is 0 Å². The van der Waals surface area contributed by atoms with Gasteiger partial charge in [0.15, 0.2) is 5.82 Å². The molecular weight excluding hydrogens is 339 g/mol. The number of hydrogen-bond acceptors (Lipinski definition) is 4. The molecule has 3 rings (SSSR count). The molecule has 1 N–H and O–H groups in total. The van der Waals surface area contributed by atoms with E-state index in [4.69, 9.17) is 17.0 Å². The number of nitrogens with zero attached hydrogens (tertiary/aromatic N) is 3. The molecule has 0 aliphatic carbocycles. The van der Waals surface area contributed by atoms with Crippen molar-refractivity contribution in [1.82, 2.24) is 14.9 Å². The maximum absolute atomic E-state index is 14.0. The molecule has 3 aromatic rings. The van der Waals surface area contributed by atoms with Gasteiger partial charge in [-0.15, -0.1) is 0 Å². The number of nitrogens with one attached hydrogen (secondary N) is 1. The maximum atomic E-state index is 14.0. The number of methoxy groups -OCH3 is 1. The Bertz CT molecular complexity index is 990. The minimum Gasteiger partial charge on any atom is -0.496 e. The lowest BCUT2D eigenvalue weighted by Crippen LogP contribution is -1.95. The lowest BCUT2D eigenvalue weighted by atomic mass is 10.2. The summed E-state index contributed by atoms with van der Waals surface area (Å²) in [5.74, 6) is 0.682. The van der Waals surface area contributed by atoms with Gasteiger partial charge < -0.3 is 4.74 Å². The molecule has 126 valence electrons. The van der Waals surface area contributed by atoms with E-state index in [0.29, 0.717) is 11.4 Å². The highest BCUT2D eigenvalue weighted by Gasteiger charge is 2.11. The summed E-state index contributed by atoms with van der Waals surface area (Å²) in [6.07, 6.45) is 5.16. The zero-order chi connectivity index (χ0) is 17.6. The molecule has 0 saturated heterocycles. The third-order valence-electron chi connectivity index (χ3n) is 3.45. The molecule has 7 heteroatoms. The molecule has 0 radical (unpaired) electrons. The highest BCUT2D eigenvalue weighted by molar-refractivity contribution is 7.71. The SMILES string of the molecule is COc1ccccc1C=CC=Nn1c(-c2ccccc2F)n[nH]c1=S. The van der Waals surface area contributed by atoms with Crippen LogP contribution in [0.3, 0.4) is 0 Å². The van der Waals surface area contributed by atoms with E-state index in [1.165, 1.54) is 10.7 Å². The van der Waals surface area contributed by atoms with Crippen molar-refractivity contribution < 1.29 is 9.13 Å². The Morgan fingerprint density at radius 2 is 1.96 bits per heavy atom. The van der Waals surface area contributed by atoms with E-state index < -0.39 is 5.82 Å². The first-order chi connectivity index (χ1) is 12.2. The first-order valence-electron chi connectivity index (χ1n) is 7.47. The maximum Gasteiger partial charge on any atom is 0.216 e. The molecule has 0 bridgehead atoms. The Kier molecular flexibility index (Phi) is 5.15. The summed E-state index contributed by atoms with van der Waals surface area (Å²) in [6.45, 7) is 0. The summed E-state index contributed by atoms with van der Waals surface area (Å²) in [6, 6.07) is 13.9. The zero-order valence-corrected chi connectivity index (χ0v) is 14.2. The van der Waals surface area contributed by atoms with Gasteiger partial charge in [0.2, 0.25) is 4.77 Å². The fourth-order valence-corrected chi connectivity index (χ4v) is 2.45. The zero-order valence-electron chi connectivity index (χ0n) is 13.4. The smallest absolute Gasteiger partial charge is 0.216 e. The third kappa shape index (κ3) is 3.72. The standard InChI is InChI=1S/C18H15FN4OS/c1-24-16-11-5-2-7-13(16)8-6-12-20-23-17(21-22-18(23)25)14-9-3-4-10-15(14)19/h2-12H,1H3,(H,22,25). The van der Waals surface area contributed by atoms with Crippen LogP contribution in [-0.4, -0.2) is 28.2 Å². The van der Waals surface area contributed by atoms with Crippen LogP contribution in [-0.2, 0) is 0 Å². The van der Waals surface area contributed by atoms with Crippen molar-refractivity contribution in [2.45, 2.75) is 0 Å². The number of rotatable bonds is 5. The van der Waals surface area contributed by atoms with Crippen LogP contribution in [0.1, 0.15) is 5.56 Å². The van der Waals surface area contributed by atoms with Gasteiger partial charge in [-0.1, -0.05) is 30.3 Å². The van der Waals surface area contributed by atoms with Crippen molar-refractivity contribution in [2.75, 3.05) is 7.11 Å². The molecular formula is C18H15FN4OS. The average Bonchev–Trinajstić information content (AvgIpc) is 3.00. The first-order valence-corrected chi connectivity index (χ1v) is 7.88. The molecule has 0 unspecified atom stereocenters. The van der Waals surface area contributed by atoms with Gasteiger partial charge >= 0.3 is 0 Å². The minimum absolute atomic E-state index is 0.278. The van der Waals surface area contributed by atoms with Crippen molar-refractivity contribution in [3.8, 4) is 17.1 Å². The van der Waals surface area contributed by atoms with Gasteiger partial charge in [-0.25, -0.2) is 9.49 Å². The number of allylic oxidation sites excluding steroid dienone is 1. The molecule has 0 spiro atoms. The molecule has 25 heavy (non-hydrogen) atoms. The van der Waals surface area contributed by atoms with E-state index >= 15 is 0 Å². The molecule has 1 aromatic heterocycles. The molecule has 0 atom stereocenters. The number of ether oxygens (including phenoxy) is 1. The van der Waals surface area contributed by atoms with Crippen LogP contribution in [0.25, 0.3) is 17.5 Å². The fourth-order valence-electron chi connectivity index (χ4n) is 2.27. The second-order valence-corrected chi connectivity index (χ2v) is 5.40. The molecule has 0 amide bonds. The second-order valence-electron chi connectivity index (χ2n) is 5.01. The number of H-pyrrole nitrogens is 1. The van der Waals surface area contributed by atoms with Gasteiger partial charge in [-0.2, -0.15) is 14.9 Å². The van der Waals surface area contributed by atoms with Gasteiger partial charge in [0.1, 0.15) is 11.6 Å². The van der Waals surface area contributed by atoms with Crippen LogP contribution in [0.15, 0.2) is 59.7 Å². The summed E-state index contributed by atoms with van der Waals surface area (Å²) in [5, 5.41) is 10.9. The van der Waals surface area contributed by atoms with Crippen LogP contribution in [0.4, 0.5) is 4.39 Å². The van der Waals surface area contributed by atoms with Crippen LogP contribution >= 0.6 is 12.2 Å². The Balaban J connectivity index is 1.88. The van der Waals surface area contributed by atoms with Gasteiger partial charge in [0.05, 0.1) is 12.7 Å². The van der Waals surface area contributed by atoms with Crippen molar-refractivity contribution in [3.63, 3.8) is 0 Å². The molecule has 0 aliphatic rings. The summed E-state index contributed by atoms with van der Waals surface area (Å²) >= 11 is 5.16. The van der Waals surface area contributed by atoms with Crippen molar-refractivity contribution in [2.24, 2.45) is 5.10 Å². The van der Waals surface area contributed by atoms with Crippen LogP contribution < -0.4 is 4.74 Å². The number of para-hydroxylation sites is 1. The quantitative estimate of drug-likeness (QED) is 0.549. The van der Waals surface area contributed by atoms with E-state index in [1.54, 1.807) is 37.6 Å². The molecule has 1 heterocycles. The molecule has 2 aromatic carbocycles. The van der Waals surface area contributed by atoms with Gasteiger partial charge in [0.25, 0.3) is 0 Å². The summed E-state index contributed by atoms with van der Waals surface area (Å²) in [4.78, 5) is 0. The summed E-state index contributed by atoms with van der Waals surface area (Å²) in [5.41, 5.74) is 1.24. The number of hydrogen-bond donors (Lipinski definition) is 1. The highest BCUT2D eigenvalue weighted by atomic mass is 32.1. The number of aromatic nitrogens is 3. The van der Waals surface area contributed by atoms with E-state index in [1.807, 2.05) is 30.3 Å². The average molecular weight is 354 g/mol. The summed E-state index contributed by atoms with van der Waals surface area (Å²) < 4.78 is 20.9. The predicted octanol–water partition coefficient (Wildman–Crippen LogP) is 4.30. The number of aromatic amines is 1. The van der Waals surface area contributed by atoms with Crippen molar-refractivity contribution in [1.29, 1.82) is 0 Å². The Hall–Kier alpha value is -3.06. The molecule has 0 fully saturated rings. The number of halogens is 1. The Morgan fingerprint density at radius 1 is 1.20 bits per heavy atom. The Labute approximate surface area is 149 Å². The van der Waals surface area contributed by atoms with E-state index in [9.17, 15) is 4.39 Å². The Morgan fingerprint density at radius 3 is 2.76 bits per heavy atom. The predicted molar refractivity (Wildman–Crippen MR) is 98.7 cm³/mol. The highest BCUT2D eigenvalue weighted by Crippen LogP contribution is 2.21. The molecule has 0 aliphatic heterocycles. The second kappa shape index (κ2) is 7.67. The lowest BCUT2D eigenvalue weighted by Gasteiger charge is -2.02.